The van der Waals surface area contributed by atoms with Crippen LogP contribution in [0.15, 0.2) is 115 Å². The monoisotopic (exact) mass is 484 g/mol. The highest BCUT2D eigenvalue weighted by molar-refractivity contribution is 6.74. The predicted octanol–water partition coefficient (Wildman–Crippen LogP) is 7.42. The van der Waals surface area contributed by atoms with Crippen molar-refractivity contribution >= 4 is 67.8 Å². The van der Waals surface area contributed by atoms with E-state index in [1.165, 1.54) is 60.3 Å². The zero-order valence-electron chi connectivity index (χ0n) is 20.5. The third kappa shape index (κ3) is 2.59. The number of nitrogens with zero attached hydrogens (tertiary/aromatic N) is 1. The molecule has 7 aromatic rings. The molecule has 0 fully saturated rings. The minimum absolute atomic E-state index is 0.845. The van der Waals surface area contributed by atoms with Crippen LogP contribution in [0.5, 0.6) is 11.5 Å². The molecular formula is C34H21BN2O. The number of aromatic amines is 1. The zero-order valence-corrected chi connectivity index (χ0v) is 20.5. The van der Waals surface area contributed by atoms with Crippen LogP contribution < -0.4 is 20.6 Å². The summed E-state index contributed by atoms with van der Waals surface area (Å²) in [5, 5.41) is 5.01. The number of benzene rings is 6. The highest BCUT2D eigenvalue weighted by Gasteiger charge is 2.35. The molecule has 1 N–H and O–H groups in total. The number of hydrogen-bond donors (Lipinski definition) is 1. The lowest BCUT2D eigenvalue weighted by molar-refractivity contribution is 0.477. The van der Waals surface area contributed by atoms with E-state index in [0.29, 0.717) is 0 Å². The molecule has 3 heterocycles. The van der Waals surface area contributed by atoms with Gasteiger partial charge in [-0.2, -0.15) is 0 Å². The lowest BCUT2D eigenvalue weighted by Crippen LogP contribution is -2.42. The summed E-state index contributed by atoms with van der Waals surface area (Å²) < 4.78 is 6.41. The fourth-order valence-electron chi connectivity index (χ4n) is 6.58. The van der Waals surface area contributed by atoms with Crippen LogP contribution in [0, 0.1) is 0 Å². The Balaban J connectivity index is 1.43. The van der Waals surface area contributed by atoms with Crippen molar-refractivity contribution in [3.05, 3.63) is 115 Å². The van der Waals surface area contributed by atoms with Crippen LogP contribution in [-0.2, 0) is 0 Å². The number of H-pyrrole nitrogens is 1. The first-order chi connectivity index (χ1) is 18.8. The summed E-state index contributed by atoms with van der Waals surface area (Å²) in [6, 6.07) is 41.3. The van der Waals surface area contributed by atoms with Gasteiger partial charge in [-0.25, -0.2) is 0 Å². The largest absolute Gasteiger partial charge is 0.453 e. The third-order valence-corrected chi connectivity index (χ3v) is 8.18. The van der Waals surface area contributed by atoms with Crippen LogP contribution in [0.3, 0.4) is 0 Å². The number of hydrogen-bond acceptors (Lipinski definition) is 2. The van der Waals surface area contributed by atoms with Gasteiger partial charge in [0.1, 0.15) is 0 Å². The summed E-state index contributed by atoms with van der Waals surface area (Å²) in [4.78, 5) is 6.19. The smallest absolute Gasteiger partial charge is 0.198 e. The Labute approximate surface area is 220 Å². The second kappa shape index (κ2) is 7.30. The number of nitrogens with one attached hydrogen (secondary N) is 1. The maximum absolute atomic E-state index is 6.41. The lowest BCUT2D eigenvalue weighted by atomic mass is 9.57. The first-order valence-corrected chi connectivity index (χ1v) is 13.1. The van der Waals surface area contributed by atoms with Crippen LogP contribution in [0.2, 0.25) is 0 Å². The first kappa shape index (κ1) is 20.1. The predicted molar refractivity (Wildman–Crippen MR) is 160 cm³/mol. The van der Waals surface area contributed by atoms with Crippen molar-refractivity contribution in [1.82, 2.24) is 4.98 Å². The summed E-state index contributed by atoms with van der Waals surface area (Å²) in [5.74, 6) is 1.80. The Hall–Kier alpha value is -4.96. The van der Waals surface area contributed by atoms with Gasteiger partial charge in [0.15, 0.2) is 18.8 Å². The Morgan fingerprint density at radius 3 is 2.34 bits per heavy atom. The molecule has 0 radical (unpaired) electrons. The number of aromatic nitrogens is 1. The van der Waals surface area contributed by atoms with E-state index < -0.39 is 0 Å². The van der Waals surface area contributed by atoms with Gasteiger partial charge in [0, 0.05) is 32.9 Å². The Kier molecular flexibility index (Phi) is 3.87. The van der Waals surface area contributed by atoms with Crippen LogP contribution in [0.4, 0.5) is 17.1 Å². The Morgan fingerprint density at radius 2 is 1.37 bits per heavy atom. The molecule has 0 saturated heterocycles. The summed E-state index contributed by atoms with van der Waals surface area (Å²) in [6.07, 6.45) is 0. The summed E-state index contributed by atoms with van der Waals surface area (Å²) in [7, 11) is 0.845. The molecule has 38 heavy (non-hydrogen) atoms. The molecule has 0 unspecified atom stereocenters. The van der Waals surface area contributed by atoms with Crippen molar-refractivity contribution in [3.63, 3.8) is 0 Å². The fourth-order valence-corrected chi connectivity index (χ4v) is 6.58. The molecule has 9 rings (SSSR count). The van der Waals surface area contributed by atoms with Crippen LogP contribution in [-0.4, -0.2) is 12.3 Å². The minimum Gasteiger partial charge on any atom is -0.453 e. The molecule has 0 spiro atoms. The lowest BCUT2D eigenvalue weighted by Gasteiger charge is -2.40. The highest BCUT2D eigenvalue weighted by atomic mass is 16.5. The molecule has 0 aliphatic carbocycles. The van der Waals surface area contributed by atoms with Crippen LogP contribution in [0.25, 0.3) is 43.7 Å². The highest BCUT2D eigenvalue weighted by Crippen LogP contribution is 2.52. The van der Waals surface area contributed by atoms with Crippen molar-refractivity contribution in [2.75, 3.05) is 4.90 Å². The molecule has 6 aromatic carbocycles. The van der Waals surface area contributed by atoms with Gasteiger partial charge in [0.05, 0.1) is 16.9 Å². The standard InChI is InChI=1S/C34H21BN2O/c1-2-10-21-20(9-1)19-25(24-13-7-12-23-22-11-3-4-15-27(22)36-32(23)24)31-33(21)37-28-16-5-6-17-29(28)38-30-18-8-14-26(35-31)34(30)37/h1-19,35-36H. The van der Waals surface area contributed by atoms with E-state index in [2.05, 4.69) is 119 Å². The van der Waals surface area contributed by atoms with E-state index in [1.54, 1.807) is 0 Å². The van der Waals surface area contributed by atoms with Gasteiger partial charge < -0.3 is 14.6 Å². The molecule has 0 saturated carbocycles. The minimum atomic E-state index is 0.845. The molecule has 2 aliphatic rings. The molecule has 4 heteroatoms. The Bertz CT molecular complexity index is 2110. The molecule has 0 atom stereocenters. The fraction of sp³-hybridized carbons (Fsp3) is 0. The second-order valence-electron chi connectivity index (χ2n) is 10.2. The summed E-state index contributed by atoms with van der Waals surface area (Å²) >= 11 is 0. The third-order valence-electron chi connectivity index (χ3n) is 8.18. The van der Waals surface area contributed by atoms with E-state index in [1.807, 2.05) is 6.07 Å². The van der Waals surface area contributed by atoms with E-state index in [0.717, 1.165) is 30.2 Å². The molecule has 1 aromatic heterocycles. The van der Waals surface area contributed by atoms with Crippen molar-refractivity contribution in [3.8, 4) is 22.6 Å². The second-order valence-corrected chi connectivity index (χ2v) is 10.2. The number of para-hydroxylation sites is 5. The number of fused-ring (bicyclic) bond motifs is 9. The van der Waals surface area contributed by atoms with E-state index in [4.69, 9.17) is 4.74 Å². The number of ether oxygens (including phenoxy) is 1. The normalized spacial score (nSPS) is 13.1. The van der Waals surface area contributed by atoms with E-state index in [9.17, 15) is 0 Å². The average Bonchev–Trinajstić information content (AvgIpc) is 3.36. The van der Waals surface area contributed by atoms with Crippen molar-refractivity contribution in [2.24, 2.45) is 0 Å². The SMILES string of the molecule is B1c2cccc3c2N(c2ccccc2O3)c2c1c(-c1cccc3c1[nH]c1ccccc13)cc1ccccc21. The number of rotatable bonds is 1. The van der Waals surface area contributed by atoms with Gasteiger partial charge in [0.2, 0.25) is 0 Å². The molecule has 3 nitrogen and oxygen atoms in total. The van der Waals surface area contributed by atoms with Crippen molar-refractivity contribution < 1.29 is 4.74 Å². The maximum Gasteiger partial charge on any atom is 0.198 e. The molecule has 0 amide bonds. The van der Waals surface area contributed by atoms with Gasteiger partial charge in [-0.1, -0.05) is 90.4 Å². The van der Waals surface area contributed by atoms with Crippen molar-refractivity contribution in [2.45, 2.75) is 0 Å². The van der Waals surface area contributed by atoms with E-state index >= 15 is 0 Å². The molecule has 2 aliphatic heterocycles. The van der Waals surface area contributed by atoms with Crippen LogP contribution >= 0.6 is 0 Å². The number of anilines is 3. The van der Waals surface area contributed by atoms with Crippen LogP contribution in [0.1, 0.15) is 0 Å². The molecule has 0 bridgehead atoms. The maximum atomic E-state index is 6.41. The van der Waals surface area contributed by atoms with Gasteiger partial charge in [-0.15, -0.1) is 0 Å². The Morgan fingerprint density at radius 1 is 0.605 bits per heavy atom. The quantitative estimate of drug-likeness (QED) is 0.246. The molecular weight excluding hydrogens is 463 g/mol. The average molecular weight is 484 g/mol. The van der Waals surface area contributed by atoms with Gasteiger partial charge in [-0.05, 0) is 46.7 Å². The summed E-state index contributed by atoms with van der Waals surface area (Å²) in [5.41, 5.74) is 11.0. The van der Waals surface area contributed by atoms with E-state index in [-0.39, 0.29) is 0 Å². The van der Waals surface area contributed by atoms with Gasteiger partial charge in [0.25, 0.3) is 0 Å². The zero-order chi connectivity index (χ0) is 24.8. The van der Waals surface area contributed by atoms with Crippen molar-refractivity contribution in [1.29, 1.82) is 0 Å². The summed E-state index contributed by atoms with van der Waals surface area (Å²) in [6.45, 7) is 0. The topological polar surface area (TPSA) is 28.3 Å². The van der Waals surface area contributed by atoms with Gasteiger partial charge >= 0.3 is 0 Å². The first-order valence-electron chi connectivity index (χ1n) is 13.1. The van der Waals surface area contributed by atoms with Gasteiger partial charge in [-0.3, -0.25) is 0 Å². The molecule has 176 valence electrons.